The number of fused-ring (bicyclic) bond motifs is 1. The van der Waals surface area contributed by atoms with E-state index in [2.05, 4.69) is 41.9 Å². The fourth-order valence-corrected chi connectivity index (χ4v) is 6.45. The van der Waals surface area contributed by atoms with E-state index >= 15 is 0 Å². The number of nitrogens with one attached hydrogen (secondary N) is 7. The lowest BCUT2D eigenvalue weighted by Crippen LogP contribution is -2.60. The number of aromatic amines is 1. The normalized spacial score (nSPS) is 14.6. The number of carboxylic acid groups (broad SMARTS) is 4. The summed E-state index contributed by atoms with van der Waals surface area (Å²) in [5, 5.41) is 52.7. The van der Waals surface area contributed by atoms with Crippen LogP contribution in [0.4, 0.5) is 0 Å². The van der Waals surface area contributed by atoms with Crippen molar-refractivity contribution in [3.63, 3.8) is 0 Å². The Morgan fingerprint density at radius 2 is 1.12 bits per heavy atom. The second-order valence-corrected chi connectivity index (χ2v) is 15.6. The number of aliphatic carboxylic acids is 4. The van der Waals surface area contributed by atoms with Gasteiger partial charge < -0.3 is 74.5 Å². The molecular formula is C41H61N11O14. The minimum atomic E-state index is -1.71. The molecule has 0 saturated heterocycles. The number of hydrogen-bond donors (Lipinski definition) is 14. The van der Waals surface area contributed by atoms with Gasteiger partial charge in [-0.2, -0.15) is 0 Å². The van der Waals surface area contributed by atoms with E-state index in [1.165, 1.54) is 0 Å². The summed E-state index contributed by atoms with van der Waals surface area (Å²) in [4.78, 5) is 134. The van der Waals surface area contributed by atoms with Gasteiger partial charge in [0.2, 0.25) is 35.4 Å². The second kappa shape index (κ2) is 27.1. The molecule has 1 aromatic carbocycles. The molecule has 0 unspecified atom stereocenters. The highest BCUT2D eigenvalue weighted by molar-refractivity contribution is 5.97. The maximum absolute atomic E-state index is 13.8. The summed E-state index contributed by atoms with van der Waals surface area (Å²) in [5.41, 5.74) is 18.4. The molecule has 6 amide bonds. The lowest BCUT2D eigenvalue weighted by Gasteiger charge is -2.28. The number of nitrogens with zero attached hydrogens (tertiary/aromatic N) is 1. The van der Waals surface area contributed by atoms with Crippen LogP contribution in [0.15, 0.2) is 35.5 Å². The minimum Gasteiger partial charge on any atom is -0.481 e. The Morgan fingerprint density at radius 1 is 0.636 bits per heavy atom. The Labute approximate surface area is 378 Å². The Morgan fingerprint density at radius 3 is 1.62 bits per heavy atom. The molecule has 0 fully saturated rings. The average molecular weight is 932 g/mol. The van der Waals surface area contributed by atoms with E-state index in [9.17, 15) is 68.4 Å². The fraction of sp³-hybridized carbons (Fsp3) is 0.537. The minimum absolute atomic E-state index is 0.0337. The number of benzene rings is 1. The highest BCUT2D eigenvalue weighted by atomic mass is 16.4. The van der Waals surface area contributed by atoms with Crippen molar-refractivity contribution < 1.29 is 68.4 Å². The van der Waals surface area contributed by atoms with E-state index in [1.807, 2.05) is 24.3 Å². The van der Waals surface area contributed by atoms with Crippen LogP contribution < -0.4 is 49.1 Å². The number of carbonyl (C=O) groups is 10. The standard InChI is InChI=1S/C41H61N11O14/c1-4-20(2)33(52-35(60)24(42)18-22-19-46-25-9-6-5-8-23(22)25)39(64)50-28(13-16-32(57)58)37(62)49-26(11-14-30(53)54)36(61)47-21(3)34(59)48-27(12-15-31(55)56)38(63)51-29(40(65)66)10-7-17-45-41(43)44/h5-6,8-9,19-21,24,26-29,33,46H,4,7,10-18,42H2,1-3H3,(H,47,61)(H,48,59)(H,49,62)(H,50,64)(H,51,63)(H,52,60)(H,53,54)(H,55,56)(H,57,58)(H,65,66)(H4,43,44,45)/t20-,21-,24-,26-,27-,28-,29-,33-/m0/s1. The van der Waals surface area contributed by atoms with Crippen LogP contribution in [0.2, 0.25) is 0 Å². The average Bonchev–Trinajstić information content (AvgIpc) is 3.66. The van der Waals surface area contributed by atoms with Gasteiger partial charge in [0.15, 0.2) is 5.96 Å². The molecule has 0 saturated carbocycles. The van der Waals surface area contributed by atoms with Gasteiger partial charge in [-0.15, -0.1) is 0 Å². The number of aromatic nitrogens is 1. The predicted molar refractivity (Wildman–Crippen MR) is 235 cm³/mol. The summed E-state index contributed by atoms with van der Waals surface area (Å²) in [7, 11) is 0. The molecule has 0 spiro atoms. The zero-order chi connectivity index (χ0) is 49.7. The molecule has 1 heterocycles. The van der Waals surface area contributed by atoms with Crippen molar-refractivity contribution in [1.29, 1.82) is 0 Å². The maximum atomic E-state index is 13.8. The van der Waals surface area contributed by atoms with Gasteiger partial charge in [-0.3, -0.25) is 48.1 Å². The zero-order valence-corrected chi connectivity index (χ0v) is 36.8. The summed E-state index contributed by atoms with van der Waals surface area (Å²) >= 11 is 0. The molecule has 0 aliphatic carbocycles. The molecule has 17 N–H and O–H groups in total. The van der Waals surface area contributed by atoms with Gasteiger partial charge in [0.1, 0.15) is 36.3 Å². The van der Waals surface area contributed by atoms with Crippen molar-refractivity contribution in [1.82, 2.24) is 36.9 Å². The molecule has 25 heteroatoms. The molecular weight excluding hydrogens is 871 g/mol. The van der Waals surface area contributed by atoms with Gasteiger partial charge >= 0.3 is 23.9 Å². The molecule has 8 atom stereocenters. The van der Waals surface area contributed by atoms with E-state index < -0.39 is 146 Å². The smallest absolute Gasteiger partial charge is 0.326 e. The van der Waals surface area contributed by atoms with E-state index in [-0.39, 0.29) is 31.8 Å². The van der Waals surface area contributed by atoms with Crippen molar-refractivity contribution in [2.24, 2.45) is 28.1 Å². The number of rotatable bonds is 30. The van der Waals surface area contributed by atoms with Gasteiger partial charge in [0.25, 0.3) is 0 Å². The SMILES string of the molecule is CC[C@H](C)[C@H](NC(=O)[C@@H](N)Cc1c[nH]c2ccccc12)C(=O)N[C@@H](CCC(=O)O)C(=O)N[C@@H](CCC(=O)O)C(=O)N[C@@H](C)C(=O)N[C@@H](CCC(=O)O)C(=O)N[C@@H](CCCN=C(N)N)C(=O)O. The Hall–Kier alpha value is -7.31. The number of guanidine groups is 1. The van der Waals surface area contributed by atoms with Crippen molar-refractivity contribution in [2.45, 2.75) is 127 Å². The third kappa shape index (κ3) is 18.8. The van der Waals surface area contributed by atoms with Crippen molar-refractivity contribution in [3.8, 4) is 0 Å². The number of para-hydroxylation sites is 1. The molecule has 0 aliphatic heterocycles. The topological polar surface area (TPSA) is 430 Å². The molecule has 1 aromatic heterocycles. The number of H-pyrrole nitrogens is 1. The van der Waals surface area contributed by atoms with Crippen molar-refractivity contribution >= 4 is 76.2 Å². The Kier molecular flexibility index (Phi) is 22.5. The van der Waals surface area contributed by atoms with E-state index in [0.29, 0.717) is 6.42 Å². The third-order valence-electron chi connectivity index (χ3n) is 10.4. The monoisotopic (exact) mass is 931 g/mol. The summed E-state index contributed by atoms with van der Waals surface area (Å²) in [6.45, 7) is 4.57. The van der Waals surface area contributed by atoms with Crippen LogP contribution in [0.5, 0.6) is 0 Å². The van der Waals surface area contributed by atoms with Gasteiger partial charge in [-0.25, -0.2) is 4.79 Å². The molecule has 25 nitrogen and oxygen atoms in total. The number of hydrogen-bond acceptors (Lipinski definition) is 12. The molecule has 66 heavy (non-hydrogen) atoms. The van der Waals surface area contributed by atoms with E-state index in [1.54, 1.807) is 20.0 Å². The van der Waals surface area contributed by atoms with E-state index in [4.69, 9.17) is 17.2 Å². The molecule has 2 rings (SSSR count). The van der Waals surface area contributed by atoms with Crippen LogP contribution in [0.25, 0.3) is 10.9 Å². The molecule has 2 aromatic rings. The van der Waals surface area contributed by atoms with E-state index in [0.717, 1.165) is 23.4 Å². The summed E-state index contributed by atoms with van der Waals surface area (Å²) in [5.74, 6) is -12.3. The highest BCUT2D eigenvalue weighted by Crippen LogP contribution is 2.19. The van der Waals surface area contributed by atoms with Crippen LogP contribution in [0.3, 0.4) is 0 Å². The largest absolute Gasteiger partial charge is 0.481 e. The molecule has 0 radical (unpaired) electrons. The first-order valence-electron chi connectivity index (χ1n) is 21.1. The number of amides is 6. The summed E-state index contributed by atoms with van der Waals surface area (Å²) in [6, 6.07) is -3.01. The van der Waals surface area contributed by atoms with Gasteiger partial charge in [0, 0.05) is 42.9 Å². The molecule has 364 valence electrons. The van der Waals surface area contributed by atoms with Crippen molar-refractivity contribution in [3.05, 3.63) is 36.0 Å². The number of carboxylic acids is 4. The maximum Gasteiger partial charge on any atom is 0.326 e. The van der Waals surface area contributed by atoms with Crippen LogP contribution in [-0.2, 0) is 54.4 Å². The molecule has 0 aliphatic rings. The quantitative estimate of drug-likeness (QED) is 0.0223. The summed E-state index contributed by atoms with van der Waals surface area (Å²) in [6.07, 6.45) is -1.43. The highest BCUT2D eigenvalue weighted by Gasteiger charge is 2.34. The number of nitrogens with two attached hydrogens (primary N) is 3. The lowest BCUT2D eigenvalue weighted by atomic mass is 9.96. The summed E-state index contributed by atoms with van der Waals surface area (Å²) < 4.78 is 0. The Balaban J connectivity index is 2.25. The van der Waals surface area contributed by atoms with Crippen molar-refractivity contribution in [2.75, 3.05) is 6.54 Å². The van der Waals surface area contributed by atoms with Crippen LogP contribution >= 0.6 is 0 Å². The van der Waals surface area contributed by atoms with Gasteiger partial charge in [0.05, 0.1) is 6.04 Å². The molecule has 0 bridgehead atoms. The second-order valence-electron chi connectivity index (χ2n) is 15.6. The first kappa shape index (κ1) is 54.8. The van der Waals surface area contributed by atoms with Crippen LogP contribution in [0.1, 0.15) is 84.1 Å². The number of carbonyl (C=O) groups excluding carboxylic acids is 6. The number of aliphatic imine (C=N–C) groups is 1. The fourth-order valence-electron chi connectivity index (χ4n) is 6.45. The van der Waals surface area contributed by atoms with Gasteiger partial charge in [-0.1, -0.05) is 38.5 Å². The predicted octanol–water partition coefficient (Wildman–Crippen LogP) is -2.25. The third-order valence-corrected chi connectivity index (χ3v) is 10.4. The van der Waals surface area contributed by atoms with Crippen LogP contribution in [0, 0.1) is 5.92 Å². The first-order chi connectivity index (χ1) is 31.0. The van der Waals surface area contributed by atoms with Crippen LogP contribution in [-0.4, -0.2) is 140 Å². The lowest BCUT2D eigenvalue weighted by molar-refractivity contribution is -0.143. The first-order valence-corrected chi connectivity index (χ1v) is 21.1. The Bertz CT molecular complexity index is 2090. The van der Waals surface area contributed by atoms with Gasteiger partial charge in [-0.05, 0) is 63.0 Å². The zero-order valence-electron chi connectivity index (χ0n) is 36.8.